The minimum atomic E-state index is -6.36. The van der Waals surface area contributed by atoms with Gasteiger partial charge >= 0.3 is 18.0 Å². The number of amides is 1. The molecular weight excluding hydrogens is 577 g/mol. The van der Waals surface area contributed by atoms with Gasteiger partial charge < -0.3 is 5.32 Å². The quantitative estimate of drug-likeness (QED) is 0.340. The molecule has 2 saturated carbocycles. The molecule has 2 unspecified atom stereocenters. The van der Waals surface area contributed by atoms with Crippen LogP contribution >= 0.6 is 0 Å². The largest absolute Gasteiger partial charge is 0.435 e. The molecule has 0 aliphatic heterocycles. The molecule has 14 heteroatoms. The summed E-state index contributed by atoms with van der Waals surface area (Å²) < 4.78 is 149. The van der Waals surface area contributed by atoms with Crippen LogP contribution in [0.5, 0.6) is 0 Å². The highest BCUT2D eigenvalue weighted by Gasteiger charge is 2.74. The number of carbonyl (C=O) groups is 1. The van der Waals surface area contributed by atoms with Crippen molar-refractivity contribution >= 4 is 15.7 Å². The molecule has 0 heterocycles. The third-order valence-corrected chi connectivity index (χ3v) is 10.9. The van der Waals surface area contributed by atoms with Crippen molar-refractivity contribution in [2.45, 2.75) is 72.0 Å². The first-order valence-corrected chi connectivity index (χ1v) is 13.8. The van der Waals surface area contributed by atoms with Crippen molar-refractivity contribution in [2.75, 3.05) is 0 Å². The second kappa shape index (κ2) is 9.12. The number of aryl methyl sites for hydroxylation is 1. The van der Waals surface area contributed by atoms with Crippen molar-refractivity contribution in [3.63, 3.8) is 0 Å². The maximum atomic E-state index is 14.8. The van der Waals surface area contributed by atoms with Crippen molar-refractivity contribution in [3.05, 3.63) is 65.0 Å². The Hall–Kier alpha value is -2.77. The Balaban J connectivity index is 1.67. The van der Waals surface area contributed by atoms with E-state index in [9.17, 15) is 52.7 Å². The van der Waals surface area contributed by atoms with Crippen LogP contribution in [-0.2, 0) is 31.5 Å². The number of rotatable bonds is 5. The van der Waals surface area contributed by atoms with E-state index in [2.05, 4.69) is 5.32 Å². The molecule has 5 rings (SSSR count). The highest BCUT2D eigenvalue weighted by molar-refractivity contribution is 7.92. The van der Waals surface area contributed by atoms with E-state index in [1.165, 1.54) is 0 Å². The average molecular weight is 600 g/mol. The topological polar surface area (TPSA) is 63.2 Å². The van der Waals surface area contributed by atoms with Gasteiger partial charge in [-0.1, -0.05) is 18.2 Å². The first-order chi connectivity index (χ1) is 18.4. The van der Waals surface area contributed by atoms with E-state index in [0.717, 1.165) is 30.3 Å². The van der Waals surface area contributed by atoms with E-state index in [-0.39, 0.29) is 54.2 Å². The normalized spacial score (nSPS) is 28.5. The lowest BCUT2D eigenvalue weighted by Crippen LogP contribution is -2.51. The van der Waals surface area contributed by atoms with Crippen LogP contribution in [0.15, 0.2) is 47.4 Å². The van der Waals surface area contributed by atoms with Gasteiger partial charge in [0, 0.05) is 17.9 Å². The van der Waals surface area contributed by atoms with E-state index < -0.39 is 73.9 Å². The van der Waals surface area contributed by atoms with Crippen molar-refractivity contribution in [1.29, 1.82) is 0 Å². The maximum Gasteiger partial charge on any atom is 0.435 e. The van der Waals surface area contributed by atoms with Crippen molar-refractivity contribution in [1.82, 2.24) is 5.32 Å². The van der Waals surface area contributed by atoms with Crippen LogP contribution < -0.4 is 5.32 Å². The van der Waals surface area contributed by atoms with Gasteiger partial charge in [0.15, 0.2) is 9.84 Å². The van der Waals surface area contributed by atoms with E-state index >= 15 is 0 Å². The Morgan fingerprint density at radius 1 is 0.925 bits per heavy atom. The SMILES string of the molecule is O=C(NC1CC1F)[C@@H]1CC[C@@]2(S(=O)(=O)c3ccc(F)cc3)c3ccc(C(F)(C(F)(F)F)C(F)(F)F)cc3CC[C@@H]12. The number of fused-ring (bicyclic) bond motifs is 3. The van der Waals surface area contributed by atoms with Crippen LogP contribution in [0.3, 0.4) is 0 Å². The highest BCUT2D eigenvalue weighted by atomic mass is 32.2. The summed E-state index contributed by atoms with van der Waals surface area (Å²) in [5, 5.41) is 2.52. The lowest BCUT2D eigenvalue weighted by molar-refractivity contribution is -0.348. The van der Waals surface area contributed by atoms with E-state index in [1.54, 1.807) is 0 Å². The molecule has 5 atom stereocenters. The van der Waals surface area contributed by atoms with Crippen molar-refractivity contribution < 1.29 is 52.7 Å². The Kier molecular flexibility index (Phi) is 6.55. The molecule has 0 bridgehead atoms. The number of hydrogen-bond donors (Lipinski definition) is 1. The standard InChI is InChI=1S/C26H22F9NO3S/c27-15-3-5-16(6-4-15)40(38,39)23-10-9-17(22(37)36-21-12-20(21)28)19(23)7-1-13-11-14(2-8-18(13)23)24(29,25(30,31)32)26(33,34)35/h2-6,8,11,17,19-21H,1,7,9-10,12H2,(H,36,37)/t17-,19+,20?,21?,23-/m1/s1. The van der Waals surface area contributed by atoms with Gasteiger partial charge in [0.2, 0.25) is 5.91 Å². The molecule has 0 spiro atoms. The minimum Gasteiger partial charge on any atom is -0.350 e. The third kappa shape index (κ3) is 4.11. The van der Waals surface area contributed by atoms with Crippen LogP contribution in [0.1, 0.15) is 42.4 Å². The number of carbonyl (C=O) groups excluding carboxylic acids is 1. The van der Waals surface area contributed by atoms with Crippen molar-refractivity contribution in [3.8, 4) is 0 Å². The van der Waals surface area contributed by atoms with Gasteiger partial charge in [-0.2, -0.15) is 26.3 Å². The van der Waals surface area contributed by atoms with Gasteiger partial charge in [0.25, 0.3) is 0 Å². The van der Waals surface area contributed by atoms with Gasteiger partial charge in [-0.3, -0.25) is 4.79 Å². The zero-order valence-corrected chi connectivity index (χ0v) is 21.2. The molecule has 40 heavy (non-hydrogen) atoms. The summed E-state index contributed by atoms with van der Waals surface area (Å²) in [6.07, 6.45) is -14.5. The Morgan fingerprint density at radius 2 is 1.52 bits per heavy atom. The number of nitrogens with one attached hydrogen (secondary N) is 1. The average Bonchev–Trinajstić information content (AvgIpc) is 3.39. The second-order valence-corrected chi connectivity index (χ2v) is 12.7. The Bertz CT molecular complexity index is 1420. The molecule has 0 saturated heterocycles. The van der Waals surface area contributed by atoms with Crippen LogP contribution in [0.4, 0.5) is 39.5 Å². The van der Waals surface area contributed by atoms with Crippen LogP contribution in [0.2, 0.25) is 0 Å². The lowest BCUT2D eigenvalue weighted by atomic mass is 9.72. The first-order valence-electron chi connectivity index (χ1n) is 12.4. The van der Waals surface area contributed by atoms with Crippen molar-refractivity contribution in [2.24, 2.45) is 11.8 Å². The summed E-state index contributed by atoms with van der Waals surface area (Å²) in [5.41, 5.74) is -7.83. The Morgan fingerprint density at radius 3 is 2.08 bits per heavy atom. The molecular formula is C26H22F9NO3S. The molecule has 1 amide bonds. The lowest BCUT2D eigenvalue weighted by Gasteiger charge is -2.42. The molecule has 0 radical (unpaired) electrons. The zero-order valence-electron chi connectivity index (χ0n) is 20.4. The molecule has 0 aromatic heterocycles. The fourth-order valence-electron chi connectivity index (χ4n) is 6.30. The molecule has 218 valence electrons. The molecule has 4 nitrogen and oxygen atoms in total. The molecule has 2 fully saturated rings. The summed E-state index contributed by atoms with van der Waals surface area (Å²) in [6, 6.07) is 4.40. The minimum absolute atomic E-state index is 0.0278. The predicted molar refractivity (Wildman–Crippen MR) is 123 cm³/mol. The summed E-state index contributed by atoms with van der Waals surface area (Å²) >= 11 is 0. The highest BCUT2D eigenvalue weighted by Crippen LogP contribution is 2.60. The number of benzene rings is 2. The monoisotopic (exact) mass is 599 g/mol. The first kappa shape index (κ1) is 28.7. The van der Waals surface area contributed by atoms with Gasteiger partial charge in [0.05, 0.1) is 10.9 Å². The van der Waals surface area contributed by atoms with Gasteiger partial charge in [-0.05, 0) is 67.0 Å². The summed E-state index contributed by atoms with van der Waals surface area (Å²) in [5.74, 6) is -3.31. The van der Waals surface area contributed by atoms with Gasteiger partial charge in [0.1, 0.15) is 16.7 Å². The fourth-order valence-corrected chi connectivity index (χ4v) is 8.77. The second-order valence-electron chi connectivity index (χ2n) is 10.5. The number of hydrogen-bond acceptors (Lipinski definition) is 3. The van der Waals surface area contributed by atoms with E-state index in [0.29, 0.717) is 6.07 Å². The smallest absolute Gasteiger partial charge is 0.350 e. The fraction of sp³-hybridized carbons (Fsp3) is 0.500. The van der Waals surface area contributed by atoms with Crippen LogP contribution in [-0.4, -0.2) is 38.9 Å². The van der Waals surface area contributed by atoms with Gasteiger partial charge in [-0.25, -0.2) is 21.6 Å². The molecule has 3 aliphatic carbocycles. The summed E-state index contributed by atoms with van der Waals surface area (Å²) in [4.78, 5) is 12.7. The van der Waals surface area contributed by atoms with Crippen LogP contribution in [0, 0.1) is 17.7 Å². The third-order valence-electron chi connectivity index (χ3n) is 8.36. The van der Waals surface area contributed by atoms with E-state index in [4.69, 9.17) is 0 Å². The zero-order chi connectivity index (χ0) is 29.5. The van der Waals surface area contributed by atoms with Crippen LogP contribution in [0.25, 0.3) is 0 Å². The van der Waals surface area contributed by atoms with E-state index in [1.807, 2.05) is 0 Å². The molecule has 1 N–H and O–H groups in total. The predicted octanol–water partition coefficient (Wildman–Crippen LogP) is 5.98. The molecule has 2 aromatic carbocycles. The summed E-state index contributed by atoms with van der Waals surface area (Å²) in [7, 11) is -4.54. The molecule has 3 aliphatic rings. The van der Waals surface area contributed by atoms with Gasteiger partial charge in [-0.15, -0.1) is 0 Å². The Labute approximate surface area is 222 Å². The number of halogens is 9. The number of sulfone groups is 1. The maximum absolute atomic E-state index is 14.8. The number of alkyl halides is 8. The summed E-state index contributed by atoms with van der Waals surface area (Å²) in [6.45, 7) is 0. The molecule has 2 aromatic rings.